The molecule has 0 unspecified atom stereocenters. The van der Waals surface area contributed by atoms with Gasteiger partial charge in [-0.2, -0.15) is 5.10 Å². The molecule has 1 saturated heterocycles. The first-order chi connectivity index (χ1) is 15.5. The van der Waals surface area contributed by atoms with Gasteiger partial charge in [0.1, 0.15) is 0 Å². The smallest absolute Gasteiger partial charge is 0.227 e. The number of hydrogen-bond donors (Lipinski definition) is 0. The van der Waals surface area contributed by atoms with Crippen molar-refractivity contribution in [3.63, 3.8) is 0 Å². The minimum absolute atomic E-state index is 0.0881. The molecule has 1 fully saturated rings. The fourth-order valence-electron chi connectivity index (χ4n) is 4.09. The Bertz CT molecular complexity index is 1050. The van der Waals surface area contributed by atoms with Crippen molar-refractivity contribution in [3.05, 3.63) is 83.1 Å². The minimum Gasteiger partial charge on any atom is -0.342 e. The lowest BCUT2D eigenvalue weighted by molar-refractivity contribution is -0.142. The van der Waals surface area contributed by atoms with Gasteiger partial charge in [0, 0.05) is 50.5 Å². The third kappa shape index (κ3) is 5.37. The highest BCUT2D eigenvalue weighted by atomic mass is 35.5. The number of carbonyl (C=O) groups excluding carboxylic acids is 2. The molecule has 0 N–H and O–H groups in total. The van der Waals surface area contributed by atoms with Crippen LogP contribution in [0.15, 0.2) is 67.0 Å². The zero-order valence-electron chi connectivity index (χ0n) is 18.2. The molecule has 1 atom stereocenters. The first-order valence-corrected chi connectivity index (χ1v) is 11.2. The first-order valence-electron chi connectivity index (χ1n) is 10.9. The maximum atomic E-state index is 13.1. The van der Waals surface area contributed by atoms with E-state index >= 15 is 0 Å². The first kappa shape index (κ1) is 22.1. The van der Waals surface area contributed by atoms with E-state index in [9.17, 15) is 9.59 Å². The maximum Gasteiger partial charge on any atom is 0.227 e. The summed E-state index contributed by atoms with van der Waals surface area (Å²) in [7, 11) is 1.83. The summed E-state index contributed by atoms with van der Waals surface area (Å²) in [6, 6.07) is 17.6. The highest BCUT2D eigenvalue weighted by molar-refractivity contribution is 6.30. The van der Waals surface area contributed by atoms with E-state index in [1.54, 1.807) is 15.8 Å². The van der Waals surface area contributed by atoms with Crippen molar-refractivity contribution in [1.29, 1.82) is 0 Å². The third-order valence-corrected chi connectivity index (χ3v) is 6.19. The molecule has 0 spiro atoms. The number of halogens is 1. The summed E-state index contributed by atoms with van der Waals surface area (Å²) >= 11 is 5.95. The number of aromatic nitrogens is 2. The van der Waals surface area contributed by atoms with Gasteiger partial charge < -0.3 is 9.80 Å². The summed E-state index contributed by atoms with van der Waals surface area (Å²) < 4.78 is 1.80. The summed E-state index contributed by atoms with van der Waals surface area (Å²) in [6.45, 7) is 1.63. The topological polar surface area (TPSA) is 58.4 Å². The van der Waals surface area contributed by atoms with Gasteiger partial charge >= 0.3 is 0 Å². The molecule has 1 aliphatic heterocycles. The number of hydrogen-bond acceptors (Lipinski definition) is 3. The standard InChI is InChI=1S/C25H27ClN4O2/c1-28(17-20-5-10-23(11-6-20)30-15-2-14-27-30)25(32)21-7-12-24(31)29(18-21)16-13-19-3-8-22(26)9-4-19/h2-6,8-11,14-15,21H,7,12-13,16-18H2,1H3/t21-/m0/s1. The normalized spacial score (nSPS) is 16.2. The predicted molar refractivity (Wildman–Crippen MR) is 124 cm³/mol. The van der Waals surface area contributed by atoms with E-state index < -0.39 is 0 Å². The van der Waals surface area contributed by atoms with E-state index in [1.165, 1.54) is 0 Å². The Morgan fingerprint density at radius 2 is 1.84 bits per heavy atom. The Morgan fingerprint density at radius 3 is 2.53 bits per heavy atom. The van der Waals surface area contributed by atoms with E-state index in [0.717, 1.165) is 23.2 Å². The zero-order valence-corrected chi connectivity index (χ0v) is 18.9. The average molecular weight is 451 g/mol. The Labute approximate surface area is 193 Å². The molecule has 0 radical (unpaired) electrons. The summed E-state index contributed by atoms with van der Waals surface area (Å²) in [5, 5.41) is 4.93. The molecule has 3 aromatic rings. The minimum atomic E-state index is -0.161. The van der Waals surface area contributed by atoms with Crippen LogP contribution in [0.1, 0.15) is 24.0 Å². The maximum absolute atomic E-state index is 13.1. The van der Waals surface area contributed by atoms with Gasteiger partial charge in [0.05, 0.1) is 11.6 Å². The van der Waals surface area contributed by atoms with Crippen LogP contribution < -0.4 is 0 Å². The van der Waals surface area contributed by atoms with Gasteiger partial charge in [0.25, 0.3) is 0 Å². The van der Waals surface area contributed by atoms with Gasteiger partial charge in [0.15, 0.2) is 0 Å². The lowest BCUT2D eigenvalue weighted by atomic mass is 9.95. The van der Waals surface area contributed by atoms with Crippen molar-refractivity contribution in [1.82, 2.24) is 19.6 Å². The second-order valence-corrected chi connectivity index (χ2v) is 8.70. The lowest BCUT2D eigenvalue weighted by Gasteiger charge is -2.34. The van der Waals surface area contributed by atoms with Crippen LogP contribution in [-0.4, -0.2) is 51.5 Å². The molecule has 2 aromatic carbocycles. The van der Waals surface area contributed by atoms with Gasteiger partial charge in [0.2, 0.25) is 11.8 Å². The number of rotatable bonds is 7. The predicted octanol–water partition coefficient (Wildman–Crippen LogP) is 3.97. The van der Waals surface area contributed by atoms with Crippen molar-refractivity contribution in [2.75, 3.05) is 20.1 Å². The number of likely N-dealkylation sites (tertiary alicyclic amines) is 1. The molecule has 2 heterocycles. The molecule has 2 amide bonds. The Morgan fingerprint density at radius 1 is 1.12 bits per heavy atom. The highest BCUT2D eigenvalue weighted by Gasteiger charge is 2.31. The zero-order chi connectivity index (χ0) is 22.5. The largest absolute Gasteiger partial charge is 0.342 e. The van der Waals surface area contributed by atoms with E-state index in [2.05, 4.69) is 5.10 Å². The second-order valence-electron chi connectivity index (χ2n) is 8.26. The summed E-state index contributed by atoms with van der Waals surface area (Å²) in [4.78, 5) is 29.1. The van der Waals surface area contributed by atoms with Crippen LogP contribution in [0.2, 0.25) is 5.02 Å². The summed E-state index contributed by atoms with van der Waals surface area (Å²) in [5.41, 5.74) is 3.17. The summed E-state index contributed by atoms with van der Waals surface area (Å²) in [6.07, 6.45) is 5.42. The molecule has 0 saturated carbocycles. The van der Waals surface area contributed by atoms with Crippen LogP contribution in [0.3, 0.4) is 0 Å². The van der Waals surface area contributed by atoms with Gasteiger partial charge in [-0.15, -0.1) is 0 Å². The number of nitrogens with zero attached hydrogens (tertiary/aromatic N) is 4. The molecule has 32 heavy (non-hydrogen) atoms. The molecule has 1 aromatic heterocycles. The van der Waals surface area contributed by atoms with E-state index in [0.29, 0.717) is 37.5 Å². The van der Waals surface area contributed by atoms with Crippen molar-refractivity contribution in [2.24, 2.45) is 5.92 Å². The fourth-order valence-corrected chi connectivity index (χ4v) is 4.21. The third-order valence-electron chi connectivity index (χ3n) is 5.93. The highest BCUT2D eigenvalue weighted by Crippen LogP contribution is 2.21. The number of piperidine rings is 1. The molecule has 1 aliphatic rings. The Kier molecular flexibility index (Phi) is 6.90. The van der Waals surface area contributed by atoms with Crippen molar-refractivity contribution >= 4 is 23.4 Å². The molecule has 4 rings (SSSR count). The Hall–Kier alpha value is -3.12. The van der Waals surface area contributed by atoms with Crippen LogP contribution in [0.25, 0.3) is 5.69 Å². The molecular weight excluding hydrogens is 424 g/mol. The molecule has 7 heteroatoms. The number of benzene rings is 2. The summed E-state index contributed by atoms with van der Waals surface area (Å²) in [5.74, 6) is 0.0521. The van der Waals surface area contributed by atoms with Gasteiger partial charge in [-0.25, -0.2) is 4.68 Å². The van der Waals surface area contributed by atoms with Gasteiger partial charge in [-0.1, -0.05) is 35.9 Å². The van der Waals surface area contributed by atoms with Crippen LogP contribution in [0.5, 0.6) is 0 Å². The van der Waals surface area contributed by atoms with Crippen LogP contribution in [0.4, 0.5) is 0 Å². The molecule has 0 aliphatic carbocycles. The molecular formula is C25H27ClN4O2. The van der Waals surface area contributed by atoms with Crippen LogP contribution in [-0.2, 0) is 22.6 Å². The molecule has 166 valence electrons. The van der Waals surface area contributed by atoms with E-state index in [4.69, 9.17) is 11.6 Å². The van der Waals surface area contributed by atoms with Crippen LogP contribution in [0, 0.1) is 5.92 Å². The number of carbonyl (C=O) groups is 2. The van der Waals surface area contributed by atoms with Crippen molar-refractivity contribution < 1.29 is 9.59 Å². The monoisotopic (exact) mass is 450 g/mol. The fraction of sp³-hybridized carbons (Fsp3) is 0.320. The Balaban J connectivity index is 1.32. The van der Waals surface area contributed by atoms with Crippen molar-refractivity contribution in [3.8, 4) is 5.69 Å². The van der Waals surface area contributed by atoms with Crippen molar-refractivity contribution in [2.45, 2.75) is 25.8 Å². The molecule has 6 nitrogen and oxygen atoms in total. The van der Waals surface area contributed by atoms with Crippen LogP contribution >= 0.6 is 11.6 Å². The van der Waals surface area contributed by atoms with Gasteiger partial charge in [-0.3, -0.25) is 9.59 Å². The SMILES string of the molecule is CN(Cc1ccc(-n2cccn2)cc1)C(=O)[C@H]1CCC(=O)N(CCc2ccc(Cl)cc2)C1. The number of amides is 2. The average Bonchev–Trinajstić information content (AvgIpc) is 3.34. The lowest BCUT2D eigenvalue weighted by Crippen LogP contribution is -2.46. The van der Waals surface area contributed by atoms with E-state index in [-0.39, 0.29) is 17.7 Å². The quantitative estimate of drug-likeness (QED) is 0.547. The van der Waals surface area contributed by atoms with E-state index in [1.807, 2.05) is 72.7 Å². The van der Waals surface area contributed by atoms with Gasteiger partial charge in [-0.05, 0) is 54.3 Å². The molecule has 0 bridgehead atoms. The second kappa shape index (κ2) is 10.0.